The largest absolute Gasteiger partial charge is 0.456 e. The highest BCUT2D eigenvalue weighted by Gasteiger charge is 2.14. The first-order valence-electron chi connectivity index (χ1n) is 9.39. The molecule has 0 amide bonds. The van der Waals surface area contributed by atoms with Gasteiger partial charge in [0, 0.05) is 30.7 Å². The fourth-order valence-electron chi connectivity index (χ4n) is 2.86. The van der Waals surface area contributed by atoms with Crippen molar-refractivity contribution in [3.8, 4) is 22.8 Å². The summed E-state index contributed by atoms with van der Waals surface area (Å²) in [5, 5.41) is 0.476. The van der Waals surface area contributed by atoms with Gasteiger partial charge in [-0.25, -0.2) is 13.1 Å². The number of aromatic nitrogens is 2. The van der Waals surface area contributed by atoms with Gasteiger partial charge in [0.15, 0.2) is 0 Å². The van der Waals surface area contributed by atoms with Crippen molar-refractivity contribution in [1.82, 2.24) is 14.7 Å². The van der Waals surface area contributed by atoms with Gasteiger partial charge in [-0.3, -0.25) is 9.97 Å². The number of hydrogen-bond acceptors (Lipinski definition) is 5. The molecule has 0 unspecified atom stereocenters. The Hall–Kier alpha value is -3.26. The zero-order valence-electron chi connectivity index (χ0n) is 16.3. The third-order valence-electron chi connectivity index (χ3n) is 4.45. The Labute approximate surface area is 185 Å². The highest BCUT2D eigenvalue weighted by Crippen LogP contribution is 2.29. The minimum atomic E-state index is -3.70. The van der Waals surface area contributed by atoms with E-state index in [0.717, 1.165) is 16.8 Å². The molecule has 2 aromatic heterocycles. The summed E-state index contributed by atoms with van der Waals surface area (Å²) in [6, 6.07) is 20.5. The molecule has 31 heavy (non-hydrogen) atoms. The number of benzene rings is 2. The molecule has 0 aliphatic rings. The van der Waals surface area contributed by atoms with Crippen molar-refractivity contribution in [3.05, 3.63) is 102 Å². The second-order valence-electron chi connectivity index (χ2n) is 6.62. The summed E-state index contributed by atoms with van der Waals surface area (Å²) in [5.74, 6) is 0.988. The second kappa shape index (κ2) is 9.26. The first-order chi connectivity index (χ1) is 15.0. The van der Waals surface area contributed by atoms with Crippen molar-refractivity contribution in [1.29, 1.82) is 0 Å². The van der Waals surface area contributed by atoms with E-state index in [0.29, 0.717) is 16.5 Å². The van der Waals surface area contributed by atoms with Crippen LogP contribution in [0.25, 0.3) is 11.3 Å². The molecule has 4 rings (SSSR count). The number of rotatable bonds is 7. The SMILES string of the molecule is O=S(=O)(NCc1ccnc(-c2cccnc2)c1)c1ccc(Oc2ccccc2Cl)cc1. The van der Waals surface area contributed by atoms with Crippen LogP contribution in [-0.4, -0.2) is 18.4 Å². The number of para-hydroxylation sites is 1. The lowest BCUT2D eigenvalue weighted by atomic mass is 10.1. The molecule has 0 aliphatic heterocycles. The van der Waals surface area contributed by atoms with Crippen LogP contribution in [0.15, 0.2) is 96.3 Å². The van der Waals surface area contributed by atoms with Crippen LogP contribution in [0.5, 0.6) is 11.5 Å². The van der Waals surface area contributed by atoms with Crippen LogP contribution in [-0.2, 0) is 16.6 Å². The number of nitrogens with one attached hydrogen (secondary N) is 1. The van der Waals surface area contributed by atoms with Crippen LogP contribution in [0.3, 0.4) is 0 Å². The van der Waals surface area contributed by atoms with Gasteiger partial charge in [-0.2, -0.15) is 0 Å². The molecule has 0 spiro atoms. The van der Waals surface area contributed by atoms with Crippen molar-refractivity contribution >= 4 is 21.6 Å². The van der Waals surface area contributed by atoms with Gasteiger partial charge in [-0.05, 0) is 66.2 Å². The summed E-state index contributed by atoms with van der Waals surface area (Å²) < 4.78 is 33.7. The summed E-state index contributed by atoms with van der Waals surface area (Å²) in [5.41, 5.74) is 2.38. The first-order valence-corrected chi connectivity index (χ1v) is 11.2. The van der Waals surface area contributed by atoms with E-state index < -0.39 is 10.0 Å². The van der Waals surface area contributed by atoms with Gasteiger partial charge in [-0.15, -0.1) is 0 Å². The molecule has 1 N–H and O–H groups in total. The molecular formula is C23H18ClN3O3S. The summed E-state index contributed by atoms with van der Waals surface area (Å²) in [4.78, 5) is 8.55. The molecule has 6 nitrogen and oxygen atoms in total. The Morgan fingerprint density at radius 2 is 1.74 bits per heavy atom. The normalized spacial score (nSPS) is 11.3. The highest BCUT2D eigenvalue weighted by atomic mass is 35.5. The van der Waals surface area contributed by atoms with Gasteiger partial charge < -0.3 is 4.74 Å². The van der Waals surface area contributed by atoms with Gasteiger partial charge >= 0.3 is 0 Å². The third-order valence-corrected chi connectivity index (χ3v) is 6.18. The van der Waals surface area contributed by atoms with E-state index in [1.807, 2.05) is 24.3 Å². The summed E-state index contributed by atoms with van der Waals surface area (Å²) in [7, 11) is -3.70. The Morgan fingerprint density at radius 1 is 0.935 bits per heavy atom. The Balaban J connectivity index is 1.44. The Bertz CT molecular complexity index is 1280. The standard InChI is InChI=1S/C23H18ClN3O3S/c24-21-5-1-2-6-23(21)30-19-7-9-20(10-8-19)31(28,29)27-15-17-11-13-26-22(14-17)18-4-3-12-25-16-18/h1-14,16,27H,15H2. The molecule has 0 aliphatic carbocycles. The van der Waals surface area contributed by atoms with E-state index in [2.05, 4.69) is 14.7 Å². The van der Waals surface area contributed by atoms with Crippen molar-refractivity contribution in [3.63, 3.8) is 0 Å². The van der Waals surface area contributed by atoms with E-state index >= 15 is 0 Å². The minimum Gasteiger partial charge on any atom is -0.456 e. The van der Waals surface area contributed by atoms with Crippen LogP contribution in [0, 0.1) is 0 Å². The Morgan fingerprint density at radius 3 is 2.48 bits per heavy atom. The first kappa shape index (κ1) is 21.0. The van der Waals surface area contributed by atoms with Crippen LogP contribution >= 0.6 is 11.6 Å². The maximum absolute atomic E-state index is 12.7. The summed E-state index contributed by atoms with van der Waals surface area (Å²) in [6.07, 6.45) is 5.04. The monoisotopic (exact) mass is 451 g/mol. The molecule has 8 heteroatoms. The molecule has 0 atom stereocenters. The topological polar surface area (TPSA) is 81.2 Å². The highest BCUT2D eigenvalue weighted by molar-refractivity contribution is 7.89. The van der Waals surface area contributed by atoms with Crippen molar-refractivity contribution in [2.45, 2.75) is 11.4 Å². The number of hydrogen-bond donors (Lipinski definition) is 1. The molecule has 0 saturated heterocycles. The fourth-order valence-corrected chi connectivity index (χ4v) is 4.05. The van der Waals surface area contributed by atoms with Crippen LogP contribution in [0.1, 0.15) is 5.56 Å². The predicted molar refractivity (Wildman–Crippen MR) is 119 cm³/mol. The Kier molecular flexibility index (Phi) is 6.27. The minimum absolute atomic E-state index is 0.135. The number of pyridine rings is 2. The van der Waals surface area contributed by atoms with Crippen LogP contribution < -0.4 is 9.46 Å². The quantitative estimate of drug-likeness (QED) is 0.424. The van der Waals surface area contributed by atoms with E-state index in [-0.39, 0.29) is 11.4 Å². The van der Waals surface area contributed by atoms with Crippen molar-refractivity contribution in [2.24, 2.45) is 0 Å². The zero-order valence-corrected chi connectivity index (χ0v) is 17.8. The molecule has 0 radical (unpaired) electrons. The van der Waals surface area contributed by atoms with E-state index in [1.165, 1.54) is 12.1 Å². The van der Waals surface area contributed by atoms with Crippen molar-refractivity contribution in [2.75, 3.05) is 0 Å². The number of ether oxygens (including phenoxy) is 1. The fraction of sp³-hybridized carbons (Fsp3) is 0.0435. The molecular weight excluding hydrogens is 434 g/mol. The smallest absolute Gasteiger partial charge is 0.240 e. The lowest BCUT2D eigenvalue weighted by Crippen LogP contribution is -2.23. The second-order valence-corrected chi connectivity index (χ2v) is 8.79. The molecule has 156 valence electrons. The zero-order chi connectivity index (χ0) is 21.7. The number of halogens is 1. The molecule has 0 bridgehead atoms. The van der Waals surface area contributed by atoms with Crippen LogP contribution in [0.4, 0.5) is 0 Å². The number of nitrogens with zero attached hydrogens (tertiary/aromatic N) is 2. The van der Waals surface area contributed by atoms with Gasteiger partial charge in [0.05, 0.1) is 15.6 Å². The maximum Gasteiger partial charge on any atom is 0.240 e. The maximum atomic E-state index is 12.7. The lowest BCUT2D eigenvalue weighted by Gasteiger charge is -2.10. The van der Waals surface area contributed by atoms with E-state index in [9.17, 15) is 8.42 Å². The summed E-state index contributed by atoms with van der Waals surface area (Å²) >= 11 is 6.09. The van der Waals surface area contributed by atoms with Gasteiger partial charge in [-0.1, -0.05) is 23.7 Å². The van der Waals surface area contributed by atoms with E-state index in [4.69, 9.17) is 16.3 Å². The molecule has 2 aromatic carbocycles. The average molecular weight is 452 g/mol. The van der Waals surface area contributed by atoms with Gasteiger partial charge in [0.25, 0.3) is 0 Å². The number of sulfonamides is 1. The average Bonchev–Trinajstić information content (AvgIpc) is 2.80. The third kappa shape index (κ3) is 5.27. The van der Waals surface area contributed by atoms with Gasteiger partial charge in [0.1, 0.15) is 11.5 Å². The molecule has 2 heterocycles. The van der Waals surface area contributed by atoms with Crippen LogP contribution in [0.2, 0.25) is 5.02 Å². The van der Waals surface area contributed by atoms with Crippen molar-refractivity contribution < 1.29 is 13.2 Å². The molecule has 0 fully saturated rings. The molecule has 4 aromatic rings. The summed E-state index contributed by atoms with van der Waals surface area (Å²) in [6.45, 7) is 0.135. The van der Waals surface area contributed by atoms with Gasteiger partial charge in [0.2, 0.25) is 10.0 Å². The molecule has 0 saturated carbocycles. The van der Waals surface area contributed by atoms with E-state index in [1.54, 1.807) is 55.0 Å². The predicted octanol–water partition coefficient (Wildman–Crippen LogP) is 5.07. The lowest BCUT2D eigenvalue weighted by molar-refractivity contribution is 0.482.